The van der Waals surface area contributed by atoms with Gasteiger partial charge in [-0.2, -0.15) is 0 Å². The topological polar surface area (TPSA) is 105 Å². The monoisotopic (exact) mass is 425 g/mol. The molecule has 0 unspecified atom stereocenters. The summed E-state index contributed by atoms with van der Waals surface area (Å²) in [5.74, 6) is -0.156. The van der Waals surface area contributed by atoms with Gasteiger partial charge in [-0.25, -0.2) is 22.9 Å². The van der Waals surface area contributed by atoms with Crippen molar-refractivity contribution in [1.82, 2.24) is 4.72 Å². The van der Waals surface area contributed by atoms with Crippen molar-refractivity contribution >= 4 is 50.3 Å². The van der Waals surface area contributed by atoms with Crippen LogP contribution in [0.2, 0.25) is 0 Å². The van der Waals surface area contributed by atoms with Gasteiger partial charge in [-0.05, 0) is 43.3 Å². The highest BCUT2D eigenvalue weighted by molar-refractivity contribution is 7.92. The van der Waals surface area contributed by atoms with E-state index in [4.69, 9.17) is 0 Å². The van der Waals surface area contributed by atoms with Crippen LogP contribution in [-0.2, 0) is 10.0 Å². The number of thiophene rings is 1. The van der Waals surface area contributed by atoms with Crippen LogP contribution in [0.1, 0.15) is 20.8 Å². The first-order valence-corrected chi connectivity index (χ1v) is 10.9. The Bertz CT molecular complexity index is 1260. The Morgan fingerprint density at radius 1 is 1.00 bits per heavy atom. The number of ketones is 1. The second-order valence-corrected chi connectivity index (χ2v) is 9.51. The molecule has 29 heavy (non-hydrogen) atoms. The molecule has 2 heterocycles. The standard InChI is InChI=1S/C20H15N3O4S2/c1-12-6-11-17(28-12)29(26,27)23-20(25)21-14-9-7-13(8-10-14)18-19(24)15-4-2-3-5-16(15)22-18/h2-11H,1H3,(H2,21,23,25). The molecule has 0 spiro atoms. The van der Waals surface area contributed by atoms with Gasteiger partial charge in [0.15, 0.2) is 0 Å². The highest BCUT2D eigenvalue weighted by Crippen LogP contribution is 2.28. The number of nitrogens with one attached hydrogen (secondary N) is 2. The summed E-state index contributed by atoms with van der Waals surface area (Å²) in [6.45, 7) is 1.78. The van der Waals surface area contributed by atoms with Crippen molar-refractivity contribution in [2.24, 2.45) is 4.99 Å². The van der Waals surface area contributed by atoms with Crippen molar-refractivity contribution in [2.45, 2.75) is 11.1 Å². The van der Waals surface area contributed by atoms with Crippen LogP contribution < -0.4 is 10.0 Å². The molecule has 0 atom stereocenters. The number of carbonyl (C=O) groups excluding carboxylic acids is 2. The highest BCUT2D eigenvalue weighted by atomic mass is 32.2. The molecule has 2 amide bonds. The fraction of sp³-hybridized carbons (Fsp3) is 0.0500. The quantitative estimate of drug-likeness (QED) is 0.662. The Morgan fingerprint density at radius 2 is 1.72 bits per heavy atom. The number of anilines is 1. The largest absolute Gasteiger partial charge is 0.333 e. The normalized spacial score (nSPS) is 13.0. The zero-order valence-corrected chi connectivity index (χ0v) is 16.8. The molecule has 4 rings (SSSR count). The van der Waals surface area contributed by atoms with Gasteiger partial charge < -0.3 is 5.32 Å². The number of sulfonamides is 1. The third-order valence-electron chi connectivity index (χ3n) is 4.22. The van der Waals surface area contributed by atoms with Crippen molar-refractivity contribution in [3.63, 3.8) is 0 Å². The molecule has 2 N–H and O–H groups in total. The second kappa shape index (κ2) is 7.26. The number of aliphatic imine (C=N–C) groups is 1. The summed E-state index contributed by atoms with van der Waals surface area (Å²) in [5.41, 5.74) is 2.50. The summed E-state index contributed by atoms with van der Waals surface area (Å²) in [7, 11) is -3.93. The second-order valence-electron chi connectivity index (χ2n) is 6.31. The fourth-order valence-electron chi connectivity index (χ4n) is 2.85. The lowest BCUT2D eigenvalue weighted by Crippen LogP contribution is -2.33. The zero-order chi connectivity index (χ0) is 20.6. The molecule has 0 fully saturated rings. The number of para-hydroxylation sites is 1. The summed E-state index contributed by atoms with van der Waals surface area (Å²) in [4.78, 5) is 29.7. The highest BCUT2D eigenvalue weighted by Gasteiger charge is 2.25. The molecule has 146 valence electrons. The molecule has 0 aliphatic carbocycles. The number of fused-ring (bicyclic) bond motifs is 1. The van der Waals surface area contributed by atoms with E-state index in [0.29, 0.717) is 28.2 Å². The number of hydrogen-bond acceptors (Lipinski definition) is 6. The van der Waals surface area contributed by atoms with Crippen LogP contribution in [0, 0.1) is 6.92 Å². The molecule has 0 bridgehead atoms. The van der Waals surface area contributed by atoms with E-state index in [1.165, 1.54) is 6.07 Å². The van der Waals surface area contributed by atoms with Gasteiger partial charge in [0.2, 0.25) is 5.78 Å². The Hall–Kier alpha value is -3.30. The van der Waals surface area contributed by atoms with Crippen LogP contribution in [0.4, 0.5) is 16.2 Å². The Labute approximate surface area is 171 Å². The molecule has 0 saturated heterocycles. The number of amides is 2. The third-order valence-corrected chi connectivity index (χ3v) is 7.04. The molecule has 9 heteroatoms. The van der Waals surface area contributed by atoms with Crippen molar-refractivity contribution in [3.05, 3.63) is 76.7 Å². The number of carbonyl (C=O) groups is 2. The molecule has 3 aromatic rings. The van der Waals surface area contributed by atoms with Crippen molar-refractivity contribution in [2.75, 3.05) is 5.32 Å². The van der Waals surface area contributed by atoms with Gasteiger partial charge in [0.05, 0.1) is 5.69 Å². The van der Waals surface area contributed by atoms with E-state index in [2.05, 4.69) is 10.3 Å². The lowest BCUT2D eigenvalue weighted by Gasteiger charge is -2.08. The molecular weight excluding hydrogens is 410 g/mol. The minimum atomic E-state index is -3.93. The summed E-state index contributed by atoms with van der Waals surface area (Å²) in [6, 6.07) is 15.8. The van der Waals surface area contributed by atoms with Gasteiger partial charge in [0.25, 0.3) is 10.0 Å². The summed E-state index contributed by atoms with van der Waals surface area (Å²) in [5, 5.41) is 2.47. The van der Waals surface area contributed by atoms with E-state index < -0.39 is 16.1 Å². The maximum absolute atomic E-state index is 12.5. The van der Waals surface area contributed by atoms with E-state index in [9.17, 15) is 18.0 Å². The molecular formula is C20H15N3O4S2. The molecule has 1 aromatic heterocycles. The van der Waals surface area contributed by atoms with Crippen LogP contribution in [0.15, 0.2) is 69.9 Å². The first-order chi connectivity index (χ1) is 13.8. The fourth-order valence-corrected chi connectivity index (χ4v) is 5.05. The Morgan fingerprint density at radius 3 is 2.38 bits per heavy atom. The van der Waals surface area contributed by atoms with Crippen molar-refractivity contribution < 1.29 is 18.0 Å². The molecule has 0 radical (unpaired) electrons. The van der Waals surface area contributed by atoms with E-state index >= 15 is 0 Å². The predicted molar refractivity (Wildman–Crippen MR) is 112 cm³/mol. The number of benzene rings is 2. The Kier molecular flexibility index (Phi) is 4.77. The van der Waals surface area contributed by atoms with Gasteiger partial charge in [0, 0.05) is 21.7 Å². The first kappa shape index (κ1) is 19.0. The molecule has 1 aliphatic rings. The van der Waals surface area contributed by atoms with Crippen LogP contribution in [0.25, 0.3) is 0 Å². The summed E-state index contributed by atoms with van der Waals surface area (Å²) in [6.07, 6.45) is 0. The average Bonchev–Trinajstić information content (AvgIpc) is 3.27. The summed E-state index contributed by atoms with van der Waals surface area (Å²) < 4.78 is 26.5. The number of hydrogen-bond donors (Lipinski definition) is 2. The van der Waals surface area contributed by atoms with Crippen molar-refractivity contribution in [3.8, 4) is 0 Å². The van der Waals surface area contributed by atoms with Gasteiger partial charge in [-0.1, -0.05) is 24.3 Å². The Balaban J connectivity index is 1.45. The molecule has 7 nitrogen and oxygen atoms in total. The maximum atomic E-state index is 12.5. The van der Waals surface area contributed by atoms with Crippen molar-refractivity contribution in [1.29, 1.82) is 0 Å². The van der Waals surface area contributed by atoms with E-state index in [0.717, 1.165) is 16.2 Å². The molecule has 2 aromatic carbocycles. The first-order valence-electron chi connectivity index (χ1n) is 8.56. The van der Waals surface area contributed by atoms with Gasteiger partial charge in [0.1, 0.15) is 9.92 Å². The smallest absolute Gasteiger partial charge is 0.307 e. The molecule has 0 saturated carbocycles. The summed E-state index contributed by atoms with van der Waals surface area (Å²) >= 11 is 1.08. The number of rotatable bonds is 4. The van der Waals surface area contributed by atoms with Crippen LogP contribution >= 0.6 is 11.3 Å². The van der Waals surface area contributed by atoms with Crippen LogP contribution in [-0.4, -0.2) is 25.9 Å². The minimum Gasteiger partial charge on any atom is -0.307 e. The predicted octanol–water partition coefficient (Wildman–Crippen LogP) is 3.88. The number of aryl methyl sites for hydroxylation is 1. The SMILES string of the molecule is Cc1ccc(S(=O)(=O)NC(=O)Nc2ccc(C3=Nc4ccccc4C3=O)cc2)s1. The van der Waals surface area contributed by atoms with Gasteiger partial charge in [-0.3, -0.25) is 4.79 Å². The maximum Gasteiger partial charge on any atom is 0.333 e. The van der Waals surface area contributed by atoms with Gasteiger partial charge >= 0.3 is 6.03 Å². The van der Waals surface area contributed by atoms with E-state index in [1.54, 1.807) is 55.5 Å². The minimum absolute atomic E-state index is 0.0674. The number of nitrogens with zero attached hydrogens (tertiary/aromatic N) is 1. The lowest BCUT2D eigenvalue weighted by atomic mass is 10.0. The zero-order valence-electron chi connectivity index (χ0n) is 15.2. The van der Waals surface area contributed by atoms with E-state index in [1.807, 2.05) is 10.8 Å². The number of Topliss-reactive ketones (excluding diaryl/α,β-unsaturated/α-hetero) is 1. The van der Waals surface area contributed by atoms with E-state index in [-0.39, 0.29) is 9.99 Å². The van der Waals surface area contributed by atoms with Gasteiger partial charge in [-0.15, -0.1) is 11.3 Å². The third kappa shape index (κ3) is 3.82. The lowest BCUT2D eigenvalue weighted by molar-refractivity contribution is 0.107. The molecule has 1 aliphatic heterocycles. The average molecular weight is 425 g/mol. The van der Waals surface area contributed by atoms with Crippen LogP contribution in [0.5, 0.6) is 0 Å². The number of urea groups is 1. The van der Waals surface area contributed by atoms with Crippen LogP contribution in [0.3, 0.4) is 0 Å².